The fraction of sp³-hybridized carbons (Fsp3) is 0.812. The first-order chi connectivity index (χ1) is 11.1. The fourth-order valence-corrected chi connectivity index (χ4v) is 3.11. The van der Waals surface area contributed by atoms with E-state index in [9.17, 15) is 14.4 Å². The lowest BCUT2D eigenvalue weighted by atomic mass is 10.1. The predicted molar refractivity (Wildman–Crippen MR) is 91.2 cm³/mol. The molecule has 0 spiro atoms. The number of thioether (sulfide) groups is 1. The zero-order valence-corrected chi connectivity index (χ0v) is 15.0. The average molecular weight is 344 g/mol. The molecule has 0 saturated carbocycles. The SMILES string of the molecule is CCCOCCCNC(=O)CCN1C(=O)CC(CSCC)C1=O. The minimum Gasteiger partial charge on any atom is -0.381 e. The van der Waals surface area contributed by atoms with Gasteiger partial charge in [-0.25, -0.2) is 0 Å². The van der Waals surface area contributed by atoms with Crippen LogP contribution in [-0.4, -0.2) is 60.4 Å². The van der Waals surface area contributed by atoms with Crippen LogP contribution in [0.15, 0.2) is 0 Å². The Morgan fingerprint density at radius 1 is 1.35 bits per heavy atom. The van der Waals surface area contributed by atoms with Crippen LogP contribution in [-0.2, 0) is 19.1 Å². The van der Waals surface area contributed by atoms with Gasteiger partial charge in [0.15, 0.2) is 0 Å². The fourth-order valence-electron chi connectivity index (χ4n) is 2.33. The van der Waals surface area contributed by atoms with Crippen LogP contribution in [0.4, 0.5) is 0 Å². The molecule has 1 atom stereocenters. The Morgan fingerprint density at radius 3 is 2.83 bits per heavy atom. The summed E-state index contributed by atoms with van der Waals surface area (Å²) in [6.07, 6.45) is 2.20. The first-order valence-corrected chi connectivity index (χ1v) is 9.52. The number of hydrogen-bond acceptors (Lipinski definition) is 5. The Bertz CT molecular complexity index is 404. The molecule has 1 saturated heterocycles. The van der Waals surface area contributed by atoms with Gasteiger partial charge >= 0.3 is 0 Å². The van der Waals surface area contributed by atoms with E-state index in [1.165, 1.54) is 4.90 Å². The van der Waals surface area contributed by atoms with Crippen molar-refractivity contribution < 1.29 is 19.1 Å². The Labute approximate surface area is 142 Å². The van der Waals surface area contributed by atoms with Crippen molar-refractivity contribution in [2.75, 3.05) is 37.8 Å². The van der Waals surface area contributed by atoms with Crippen LogP contribution in [0.3, 0.4) is 0 Å². The van der Waals surface area contributed by atoms with Crippen molar-refractivity contribution in [1.29, 1.82) is 0 Å². The van der Waals surface area contributed by atoms with Crippen molar-refractivity contribution in [2.45, 2.75) is 39.5 Å². The zero-order valence-electron chi connectivity index (χ0n) is 14.1. The highest BCUT2D eigenvalue weighted by molar-refractivity contribution is 7.99. The number of imide groups is 1. The largest absolute Gasteiger partial charge is 0.381 e. The van der Waals surface area contributed by atoms with E-state index in [2.05, 4.69) is 5.32 Å². The van der Waals surface area contributed by atoms with Crippen LogP contribution in [0.25, 0.3) is 0 Å². The summed E-state index contributed by atoms with van der Waals surface area (Å²) in [6.45, 7) is 6.19. The maximum absolute atomic E-state index is 12.1. The van der Waals surface area contributed by atoms with E-state index in [0.717, 1.165) is 25.2 Å². The molecule has 7 heteroatoms. The number of nitrogens with one attached hydrogen (secondary N) is 1. The molecular weight excluding hydrogens is 316 g/mol. The summed E-state index contributed by atoms with van der Waals surface area (Å²) in [4.78, 5) is 37.0. The minimum absolute atomic E-state index is 0.128. The minimum atomic E-state index is -0.216. The number of likely N-dealkylation sites (tertiary alicyclic amines) is 1. The average Bonchev–Trinajstić information content (AvgIpc) is 2.80. The number of carbonyl (C=O) groups is 3. The van der Waals surface area contributed by atoms with Gasteiger partial charge in [-0.1, -0.05) is 13.8 Å². The normalized spacial score (nSPS) is 17.8. The molecule has 1 aliphatic heterocycles. The van der Waals surface area contributed by atoms with Crippen LogP contribution < -0.4 is 5.32 Å². The van der Waals surface area contributed by atoms with Crippen LogP contribution in [0.5, 0.6) is 0 Å². The maximum Gasteiger partial charge on any atom is 0.233 e. The topological polar surface area (TPSA) is 75.7 Å². The predicted octanol–water partition coefficient (Wildman–Crippen LogP) is 1.44. The third-order valence-corrected chi connectivity index (χ3v) is 4.61. The van der Waals surface area contributed by atoms with Gasteiger partial charge < -0.3 is 10.1 Å². The van der Waals surface area contributed by atoms with Crippen molar-refractivity contribution in [2.24, 2.45) is 5.92 Å². The summed E-state index contributed by atoms with van der Waals surface area (Å²) >= 11 is 1.67. The molecule has 1 unspecified atom stereocenters. The second kappa shape index (κ2) is 11.5. The van der Waals surface area contributed by atoms with Crippen LogP contribution in [0.2, 0.25) is 0 Å². The molecule has 6 nitrogen and oxygen atoms in total. The van der Waals surface area contributed by atoms with Crippen molar-refractivity contribution in [3.05, 3.63) is 0 Å². The smallest absolute Gasteiger partial charge is 0.233 e. The van der Waals surface area contributed by atoms with Gasteiger partial charge in [-0.2, -0.15) is 11.8 Å². The lowest BCUT2D eigenvalue weighted by molar-refractivity contribution is -0.139. The molecule has 1 N–H and O–H groups in total. The van der Waals surface area contributed by atoms with E-state index in [-0.39, 0.29) is 43.0 Å². The summed E-state index contributed by atoms with van der Waals surface area (Å²) in [7, 11) is 0. The van der Waals surface area contributed by atoms with Gasteiger partial charge in [0.1, 0.15) is 0 Å². The first-order valence-electron chi connectivity index (χ1n) is 8.36. The summed E-state index contributed by atoms with van der Waals surface area (Å²) in [6, 6.07) is 0. The number of amides is 3. The molecule has 1 rings (SSSR count). The van der Waals surface area contributed by atoms with E-state index in [0.29, 0.717) is 18.9 Å². The lowest BCUT2D eigenvalue weighted by Crippen LogP contribution is -2.35. The van der Waals surface area contributed by atoms with Crippen LogP contribution >= 0.6 is 11.8 Å². The zero-order chi connectivity index (χ0) is 17.1. The third kappa shape index (κ3) is 7.35. The number of carbonyl (C=O) groups excluding carboxylic acids is 3. The molecule has 0 radical (unpaired) electrons. The van der Waals surface area contributed by atoms with Gasteiger partial charge in [-0.05, 0) is 18.6 Å². The summed E-state index contributed by atoms with van der Waals surface area (Å²) in [5.41, 5.74) is 0. The molecule has 1 heterocycles. The number of hydrogen-bond donors (Lipinski definition) is 1. The molecule has 0 bridgehead atoms. The molecule has 0 aromatic carbocycles. The highest BCUT2D eigenvalue weighted by Gasteiger charge is 2.37. The van der Waals surface area contributed by atoms with E-state index in [1.807, 2.05) is 13.8 Å². The Kier molecular flexibility index (Phi) is 9.94. The van der Waals surface area contributed by atoms with E-state index < -0.39 is 0 Å². The quantitative estimate of drug-likeness (QED) is 0.428. The molecule has 0 aromatic rings. The van der Waals surface area contributed by atoms with Gasteiger partial charge in [0.05, 0.1) is 5.92 Å². The number of rotatable bonds is 12. The molecule has 0 aliphatic carbocycles. The molecule has 3 amide bonds. The van der Waals surface area contributed by atoms with Crippen molar-refractivity contribution in [3.63, 3.8) is 0 Å². The standard InChI is InChI=1S/C16H28N2O4S/c1-3-9-22-10-5-7-17-14(19)6-8-18-15(20)11-13(16(18)21)12-23-4-2/h13H,3-12H2,1-2H3,(H,17,19). The van der Waals surface area contributed by atoms with Crippen molar-refractivity contribution in [3.8, 4) is 0 Å². The lowest BCUT2D eigenvalue weighted by Gasteiger charge is -2.14. The Morgan fingerprint density at radius 2 is 2.13 bits per heavy atom. The Balaban J connectivity index is 2.19. The van der Waals surface area contributed by atoms with Crippen LogP contribution in [0.1, 0.15) is 39.5 Å². The summed E-state index contributed by atoms with van der Waals surface area (Å²) < 4.78 is 5.33. The van der Waals surface area contributed by atoms with Gasteiger partial charge in [0.2, 0.25) is 17.7 Å². The molecule has 0 aromatic heterocycles. The molecule has 1 fully saturated rings. The molecule has 23 heavy (non-hydrogen) atoms. The first kappa shape index (κ1) is 20.0. The highest BCUT2D eigenvalue weighted by atomic mass is 32.2. The summed E-state index contributed by atoms with van der Waals surface area (Å²) in [5, 5.41) is 2.79. The van der Waals surface area contributed by atoms with Gasteiger partial charge in [-0.3, -0.25) is 19.3 Å². The summed E-state index contributed by atoms with van der Waals surface area (Å²) in [5.74, 6) is 0.983. The van der Waals surface area contributed by atoms with Gasteiger partial charge in [0, 0.05) is 44.9 Å². The van der Waals surface area contributed by atoms with Gasteiger partial charge in [-0.15, -0.1) is 0 Å². The van der Waals surface area contributed by atoms with Crippen molar-refractivity contribution >= 4 is 29.5 Å². The van der Waals surface area contributed by atoms with E-state index in [4.69, 9.17) is 4.74 Å². The second-order valence-corrected chi connectivity index (χ2v) is 6.83. The van der Waals surface area contributed by atoms with Gasteiger partial charge in [0.25, 0.3) is 0 Å². The van der Waals surface area contributed by atoms with Crippen molar-refractivity contribution in [1.82, 2.24) is 10.2 Å². The maximum atomic E-state index is 12.1. The highest BCUT2D eigenvalue weighted by Crippen LogP contribution is 2.23. The monoisotopic (exact) mass is 344 g/mol. The number of nitrogens with zero attached hydrogens (tertiary/aromatic N) is 1. The molecule has 1 aliphatic rings. The van der Waals surface area contributed by atoms with E-state index in [1.54, 1.807) is 11.8 Å². The number of ether oxygens (including phenoxy) is 1. The molecule has 132 valence electrons. The van der Waals surface area contributed by atoms with Crippen LogP contribution in [0, 0.1) is 5.92 Å². The van der Waals surface area contributed by atoms with E-state index >= 15 is 0 Å². The third-order valence-electron chi connectivity index (χ3n) is 3.56. The second-order valence-electron chi connectivity index (χ2n) is 5.51. The molecular formula is C16H28N2O4S. The Hall–Kier alpha value is -1.08.